The number of anilines is 1. The molecule has 2 saturated carbocycles. The molecule has 1 heterocycles. The lowest BCUT2D eigenvalue weighted by atomic mass is 9.51. The first-order chi connectivity index (χ1) is 8.35. The monoisotopic (exact) mass is 233 g/mol. The van der Waals surface area contributed by atoms with Crippen molar-refractivity contribution < 1.29 is 4.74 Å². The minimum atomic E-state index is 0.382. The van der Waals surface area contributed by atoms with Crippen molar-refractivity contribution in [3.63, 3.8) is 0 Å². The highest BCUT2D eigenvalue weighted by atomic mass is 16.5. The van der Waals surface area contributed by atoms with Crippen molar-refractivity contribution in [3.8, 4) is 0 Å². The molecule has 0 aliphatic heterocycles. The van der Waals surface area contributed by atoms with Crippen LogP contribution in [-0.2, 0) is 4.74 Å². The third kappa shape index (κ3) is 1.71. The molecule has 1 spiro atoms. The molecule has 2 aliphatic rings. The molecule has 4 heteroatoms. The summed E-state index contributed by atoms with van der Waals surface area (Å²) in [5.41, 5.74) is 0.382. The van der Waals surface area contributed by atoms with Crippen molar-refractivity contribution in [2.75, 3.05) is 11.9 Å². The standard InChI is InChI=1S/C13H19N3O/c1-2-17-11-8-10(13(11)4-3-5-13)16-12-9-14-6-7-15-12/h6-7,9-11H,2-5,8H2,1H3,(H,15,16). The zero-order valence-electron chi connectivity index (χ0n) is 10.2. The summed E-state index contributed by atoms with van der Waals surface area (Å²) >= 11 is 0. The minimum Gasteiger partial charge on any atom is -0.378 e. The van der Waals surface area contributed by atoms with Gasteiger partial charge in [-0.15, -0.1) is 0 Å². The summed E-state index contributed by atoms with van der Waals surface area (Å²) in [4.78, 5) is 8.37. The van der Waals surface area contributed by atoms with Gasteiger partial charge >= 0.3 is 0 Å². The van der Waals surface area contributed by atoms with Gasteiger partial charge in [0, 0.05) is 30.5 Å². The van der Waals surface area contributed by atoms with Crippen molar-refractivity contribution in [2.24, 2.45) is 5.41 Å². The summed E-state index contributed by atoms with van der Waals surface area (Å²) in [6.45, 7) is 2.90. The first-order valence-corrected chi connectivity index (χ1v) is 6.49. The van der Waals surface area contributed by atoms with Gasteiger partial charge in [0.1, 0.15) is 5.82 Å². The maximum Gasteiger partial charge on any atom is 0.144 e. The van der Waals surface area contributed by atoms with Crippen LogP contribution in [0.2, 0.25) is 0 Å². The molecule has 0 bridgehead atoms. The van der Waals surface area contributed by atoms with E-state index >= 15 is 0 Å². The van der Waals surface area contributed by atoms with Crippen LogP contribution in [0.25, 0.3) is 0 Å². The largest absolute Gasteiger partial charge is 0.378 e. The van der Waals surface area contributed by atoms with E-state index in [-0.39, 0.29) is 0 Å². The van der Waals surface area contributed by atoms with Gasteiger partial charge in [0.15, 0.2) is 0 Å². The number of ether oxygens (including phenoxy) is 1. The van der Waals surface area contributed by atoms with Gasteiger partial charge in [0.2, 0.25) is 0 Å². The third-order valence-electron chi connectivity index (χ3n) is 4.32. The fourth-order valence-electron chi connectivity index (χ4n) is 3.19. The molecule has 2 fully saturated rings. The van der Waals surface area contributed by atoms with E-state index in [9.17, 15) is 0 Å². The highest BCUT2D eigenvalue weighted by Gasteiger charge is 2.58. The van der Waals surface area contributed by atoms with Crippen molar-refractivity contribution in [1.29, 1.82) is 0 Å². The van der Waals surface area contributed by atoms with E-state index in [0.717, 1.165) is 18.8 Å². The van der Waals surface area contributed by atoms with Gasteiger partial charge in [-0.3, -0.25) is 4.98 Å². The Morgan fingerprint density at radius 1 is 1.47 bits per heavy atom. The second kappa shape index (κ2) is 4.26. The van der Waals surface area contributed by atoms with Crippen LogP contribution in [-0.4, -0.2) is 28.7 Å². The predicted octanol–water partition coefficient (Wildman–Crippen LogP) is 2.24. The van der Waals surface area contributed by atoms with Gasteiger partial charge in [-0.2, -0.15) is 0 Å². The van der Waals surface area contributed by atoms with Gasteiger partial charge in [-0.1, -0.05) is 6.42 Å². The summed E-state index contributed by atoms with van der Waals surface area (Å²) in [5.74, 6) is 0.888. The Bertz CT molecular complexity index is 378. The fraction of sp³-hybridized carbons (Fsp3) is 0.692. The topological polar surface area (TPSA) is 47.0 Å². The van der Waals surface area contributed by atoms with Crippen LogP contribution in [0.3, 0.4) is 0 Å². The van der Waals surface area contributed by atoms with E-state index in [1.807, 2.05) is 0 Å². The van der Waals surface area contributed by atoms with Crippen LogP contribution in [0, 0.1) is 5.41 Å². The van der Waals surface area contributed by atoms with Gasteiger partial charge in [0.05, 0.1) is 12.3 Å². The number of nitrogens with zero attached hydrogens (tertiary/aromatic N) is 2. The molecule has 1 aromatic rings. The molecule has 0 amide bonds. The van der Waals surface area contributed by atoms with Crippen molar-refractivity contribution in [1.82, 2.24) is 9.97 Å². The van der Waals surface area contributed by atoms with Gasteiger partial charge < -0.3 is 10.1 Å². The van der Waals surface area contributed by atoms with Crippen LogP contribution in [0.1, 0.15) is 32.6 Å². The molecule has 1 N–H and O–H groups in total. The average Bonchev–Trinajstić information content (AvgIpc) is 2.27. The van der Waals surface area contributed by atoms with E-state index in [4.69, 9.17) is 4.74 Å². The van der Waals surface area contributed by atoms with Crippen LogP contribution in [0.5, 0.6) is 0 Å². The Labute approximate surface area is 102 Å². The highest BCUT2D eigenvalue weighted by Crippen LogP contribution is 2.57. The molecular weight excluding hydrogens is 214 g/mol. The van der Waals surface area contributed by atoms with Crippen LogP contribution in [0.4, 0.5) is 5.82 Å². The Hall–Kier alpha value is -1.16. The van der Waals surface area contributed by atoms with Crippen molar-refractivity contribution in [3.05, 3.63) is 18.6 Å². The fourth-order valence-corrected chi connectivity index (χ4v) is 3.19. The summed E-state index contributed by atoms with van der Waals surface area (Å²) in [6, 6.07) is 0.518. The molecule has 0 radical (unpaired) electrons. The van der Waals surface area contributed by atoms with E-state index < -0.39 is 0 Å². The van der Waals surface area contributed by atoms with E-state index in [1.54, 1.807) is 18.6 Å². The minimum absolute atomic E-state index is 0.382. The first-order valence-electron chi connectivity index (χ1n) is 6.49. The number of nitrogens with one attached hydrogen (secondary N) is 1. The lowest BCUT2D eigenvalue weighted by Crippen LogP contribution is -2.64. The van der Waals surface area contributed by atoms with Crippen molar-refractivity contribution >= 4 is 5.82 Å². The predicted molar refractivity (Wildman–Crippen MR) is 65.8 cm³/mol. The van der Waals surface area contributed by atoms with Gasteiger partial charge in [-0.05, 0) is 26.2 Å². The zero-order chi connectivity index (χ0) is 11.7. The average molecular weight is 233 g/mol. The zero-order valence-corrected chi connectivity index (χ0v) is 10.2. The molecule has 0 saturated heterocycles. The first kappa shape index (κ1) is 11.0. The quantitative estimate of drug-likeness (QED) is 0.866. The summed E-state index contributed by atoms with van der Waals surface area (Å²) in [7, 11) is 0. The molecule has 4 nitrogen and oxygen atoms in total. The second-order valence-electron chi connectivity index (χ2n) is 5.05. The molecule has 3 rings (SSSR count). The third-order valence-corrected chi connectivity index (χ3v) is 4.32. The number of rotatable bonds is 4. The Balaban J connectivity index is 1.66. The number of aromatic nitrogens is 2. The van der Waals surface area contributed by atoms with Gasteiger partial charge in [0.25, 0.3) is 0 Å². The van der Waals surface area contributed by atoms with Crippen LogP contribution < -0.4 is 5.32 Å². The van der Waals surface area contributed by atoms with Crippen molar-refractivity contribution in [2.45, 2.75) is 44.8 Å². The molecular formula is C13H19N3O. The number of hydrogen-bond acceptors (Lipinski definition) is 4. The summed E-state index contributed by atoms with van der Waals surface area (Å²) in [6.07, 6.45) is 10.7. The smallest absolute Gasteiger partial charge is 0.144 e. The van der Waals surface area contributed by atoms with Crippen LogP contribution in [0.15, 0.2) is 18.6 Å². The Morgan fingerprint density at radius 3 is 2.94 bits per heavy atom. The molecule has 92 valence electrons. The molecule has 17 heavy (non-hydrogen) atoms. The van der Waals surface area contributed by atoms with E-state index in [2.05, 4.69) is 22.2 Å². The maximum absolute atomic E-state index is 5.83. The molecule has 2 aliphatic carbocycles. The van der Waals surface area contributed by atoms with Crippen LogP contribution >= 0.6 is 0 Å². The van der Waals surface area contributed by atoms with E-state index in [0.29, 0.717) is 17.6 Å². The molecule has 2 unspecified atom stereocenters. The Morgan fingerprint density at radius 2 is 2.35 bits per heavy atom. The van der Waals surface area contributed by atoms with Gasteiger partial charge in [-0.25, -0.2) is 4.98 Å². The second-order valence-corrected chi connectivity index (χ2v) is 5.05. The lowest BCUT2D eigenvalue weighted by Gasteiger charge is -2.61. The van der Waals surface area contributed by atoms with E-state index in [1.165, 1.54) is 19.3 Å². The normalized spacial score (nSPS) is 29.5. The molecule has 1 aromatic heterocycles. The molecule has 0 aromatic carbocycles. The SMILES string of the molecule is CCOC1CC(Nc2cnccn2)C12CCC2. The molecule has 2 atom stereocenters. The highest BCUT2D eigenvalue weighted by molar-refractivity contribution is 5.35. The maximum atomic E-state index is 5.83. The number of hydrogen-bond donors (Lipinski definition) is 1. The summed E-state index contributed by atoms with van der Waals surface area (Å²) in [5, 5.41) is 3.51. The Kier molecular flexibility index (Phi) is 2.74. The lowest BCUT2D eigenvalue weighted by molar-refractivity contribution is -0.157. The summed E-state index contributed by atoms with van der Waals surface area (Å²) < 4.78 is 5.83.